The van der Waals surface area contributed by atoms with E-state index in [1.807, 2.05) is 19.9 Å². The van der Waals surface area contributed by atoms with E-state index in [1.54, 1.807) is 29.2 Å². The van der Waals surface area contributed by atoms with E-state index in [-0.39, 0.29) is 35.5 Å². The number of halogens is 2. The zero-order chi connectivity index (χ0) is 30.3. The second-order valence-corrected chi connectivity index (χ2v) is 10.4. The number of pyridine rings is 2. The lowest BCUT2D eigenvalue weighted by Crippen LogP contribution is -2.58. The lowest BCUT2D eigenvalue weighted by Gasteiger charge is -2.48. The van der Waals surface area contributed by atoms with Crippen molar-refractivity contribution in [2.45, 2.75) is 32.0 Å². The topological polar surface area (TPSA) is 118 Å². The van der Waals surface area contributed by atoms with Crippen LogP contribution in [0.25, 0.3) is 11.0 Å². The van der Waals surface area contributed by atoms with E-state index in [2.05, 4.69) is 9.88 Å². The Balaban J connectivity index is 1.65. The minimum Gasteiger partial charge on any atom is -0.496 e. The van der Waals surface area contributed by atoms with Crippen LogP contribution >= 0.6 is 0 Å². The van der Waals surface area contributed by atoms with Gasteiger partial charge in [0.2, 0.25) is 0 Å². The Morgan fingerprint density at radius 2 is 1.76 bits per heavy atom. The van der Waals surface area contributed by atoms with Gasteiger partial charge in [0.15, 0.2) is 5.69 Å². The fourth-order valence-electron chi connectivity index (χ4n) is 5.81. The number of anilines is 1. The van der Waals surface area contributed by atoms with Gasteiger partial charge < -0.3 is 14.2 Å². The van der Waals surface area contributed by atoms with E-state index >= 15 is 0 Å². The van der Waals surface area contributed by atoms with Crippen LogP contribution in [-0.2, 0) is 7.05 Å². The smallest absolute Gasteiger partial charge is 0.359 e. The molecule has 1 saturated heterocycles. The van der Waals surface area contributed by atoms with E-state index in [0.29, 0.717) is 23.4 Å². The number of aromatic nitrogens is 2. The molecule has 0 spiro atoms. The molecule has 4 aromatic rings. The van der Waals surface area contributed by atoms with Crippen LogP contribution in [0.4, 0.5) is 20.2 Å². The van der Waals surface area contributed by atoms with Crippen LogP contribution in [0, 0.1) is 33.1 Å². The molecule has 0 N–H and O–H groups in total. The maximum Gasteiger partial charge on any atom is 0.359 e. The highest BCUT2D eigenvalue weighted by molar-refractivity contribution is 5.94. The van der Waals surface area contributed by atoms with Gasteiger partial charge in [-0.05, 0) is 49.7 Å². The summed E-state index contributed by atoms with van der Waals surface area (Å²) in [6.45, 7) is 4.43. The highest BCUT2D eigenvalue weighted by Gasteiger charge is 2.40. The van der Waals surface area contributed by atoms with Gasteiger partial charge in [0, 0.05) is 43.9 Å². The monoisotopic (exact) mass is 574 g/mol. The van der Waals surface area contributed by atoms with Gasteiger partial charge in [0.25, 0.3) is 0 Å². The van der Waals surface area contributed by atoms with Crippen molar-refractivity contribution in [3.63, 3.8) is 0 Å². The number of hydrogen-bond donors (Lipinski definition) is 0. The summed E-state index contributed by atoms with van der Waals surface area (Å²) in [5.41, 5.74) is 0.699. The first kappa shape index (κ1) is 28.6. The third-order valence-corrected chi connectivity index (χ3v) is 7.82. The molecule has 0 aliphatic carbocycles. The molecule has 42 heavy (non-hydrogen) atoms. The standard InChI is InChI=1S/C30H28F2N6O4/c1-17-16-37(28-26-24(12-10-22(14-33)34-26)35(3)30(39)29(28)38(40)41)18(2)15-36(17)27(19-5-7-20(31)8-6-19)23-11-9-21(32)13-25(23)42-4/h5-13,17-18,27H,15-16H2,1-4H3/t17-,18+,27?/m0/s1. The summed E-state index contributed by atoms with van der Waals surface area (Å²) in [6.07, 6.45) is 0. The zero-order valence-electron chi connectivity index (χ0n) is 23.4. The van der Waals surface area contributed by atoms with Crippen LogP contribution in [0.15, 0.2) is 59.4 Å². The van der Waals surface area contributed by atoms with Crippen molar-refractivity contribution < 1.29 is 18.4 Å². The van der Waals surface area contributed by atoms with E-state index in [9.17, 15) is 29.0 Å². The molecule has 1 aliphatic rings. The van der Waals surface area contributed by atoms with Crippen LogP contribution in [0.2, 0.25) is 0 Å². The van der Waals surface area contributed by atoms with Crippen LogP contribution in [0.1, 0.15) is 36.7 Å². The van der Waals surface area contributed by atoms with Crippen molar-refractivity contribution in [2.24, 2.45) is 7.05 Å². The van der Waals surface area contributed by atoms with Crippen LogP contribution in [0.5, 0.6) is 5.75 Å². The highest BCUT2D eigenvalue weighted by atomic mass is 19.1. The van der Waals surface area contributed by atoms with Gasteiger partial charge in [-0.15, -0.1) is 0 Å². The van der Waals surface area contributed by atoms with Gasteiger partial charge in [0.05, 0.1) is 23.6 Å². The van der Waals surface area contributed by atoms with E-state index in [0.717, 1.165) is 5.56 Å². The fourth-order valence-corrected chi connectivity index (χ4v) is 5.81. The summed E-state index contributed by atoms with van der Waals surface area (Å²) in [4.78, 5) is 33.1. The Morgan fingerprint density at radius 3 is 2.40 bits per heavy atom. The predicted molar refractivity (Wildman–Crippen MR) is 153 cm³/mol. The number of nitro groups is 1. The van der Waals surface area contributed by atoms with Crippen LogP contribution in [-0.4, -0.2) is 51.7 Å². The summed E-state index contributed by atoms with van der Waals surface area (Å²) in [5.74, 6) is -0.536. The molecule has 1 aliphatic heterocycles. The van der Waals surface area contributed by atoms with E-state index in [4.69, 9.17) is 4.74 Å². The maximum atomic E-state index is 14.2. The van der Waals surface area contributed by atoms with Crippen LogP contribution < -0.4 is 15.2 Å². The van der Waals surface area contributed by atoms with Gasteiger partial charge >= 0.3 is 11.2 Å². The average Bonchev–Trinajstić information content (AvgIpc) is 2.97. The van der Waals surface area contributed by atoms with Gasteiger partial charge in [0.1, 0.15) is 34.7 Å². The summed E-state index contributed by atoms with van der Waals surface area (Å²) in [6, 6.07) is 14.2. The number of rotatable bonds is 6. The number of methoxy groups -OCH3 is 1. The molecule has 1 fully saturated rings. The minimum absolute atomic E-state index is 0.0619. The van der Waals surface area contributed by atoms with Crippen molar-refractivity contribution in [3.8, 4) is 11.8 Å². The maximum absolute atomic E-state index is 14.2. The average molecular weight is 575 g/mol. The van der Waals surface area contributed by atoms with Crippen molar-refractivity contribution in [2.75, 3.05) is 25.1 Å². The molecule has 10 nitrogen and oxygen atoms in total. The quantitative estimate of drug-likeness (QED) is 0.241. The van der Waals surface area contributed by atoms with Crippen molar-refractivity contribution in [3.05, 3.63) is 104 Å². The molecule has 3 atom stereocenters. The Kier molecular flexibility index (Phi) is 7.62. The predicted octanol–water partition coefficient (Wildman–Crippen LogP) is 4.69. The SMILES string of the molecule is COc1cc(F)ccc1C(c1ccc(F)cc1)N1C[C@@H](C)N(c2c([N+](=O)[O-])c(=O)n(C)c3ccc(C#N)nc23)C[C@@H]1C. The molecule has 0 amide bonds. The van der Waals surface area contributed by atoms with Crippen molar-refractivity contribution >= 4 is 22.4 Å². The number of hydrogen-bond acceptors (Lipinski definition) is 8. The lowest BCUT2D eigenvalue weighted by molar-refractivity contribution is -0.385. The van der Waals surface area contributed by atoms with E-state index in [1.165, 1.54) is 49.1 Å². The second-order valence-electron chi connectivity index (χ2n) is 10.4. The second kappa shape index (κ2) is 11.2. The van der Waals surface area contributed by atoms with Crippen LogP contribution in [0.3, 0.4) is 0 Å². The number of piperazine rings is 1. The molecule has 0 bridgehead atoms. The molecule has 12 heteroatoms. The normalized spacial score (nSPS) is 18.1. The first-order chi connectivity index (χ1) is 20.0. The molecule has 0 saturated carbocycles. The summed E-state index contributed by atoms with van der Waals surface area (Å²) in [7, 11) is 2.88. The molecular formula is C30H28F2N6O4. The Morgan fingerprint density at radius 1 is 1.07 bits per heavy atom. The third kappa shape index (κ3) is 4.92. The Hall–Kier alpha value is -4.89. The molecule has 2 aromatic heterocycles. The first-order valence-electron chi connectivity index (χ1n) is 13.2. The largest absolute Gasteiger partial charge is 0.496 e. The van der Waals surface area contributed by atoms with E-state index < -0.39 is 33.8 Å². The summed E-state index contributed by atoms with van der Waals surface area (Å²) in [5, 5.41) is 21.8. The van der Waals surface area contributed by atoms with Gasteiger partial charge in [-0.3, -0.25) is 19.8 Å². The van der Waals surface area contributed by atoms with Gasteiger partial charge in [-0.25, -0.2) is 13.8 Å². The number of aryl methyl sites for hydroxylation is 1. The fraction of sp³-hybridized carbons (Fsp3) is 0.300. The molecular weight excluding hydrogens is 546 g/mol. The molecule has 1 unspecified atom stereocenters. The molecule has 3 heterocycles. The third-order valence-electron chi connectivity index (χ3n) is 7.82. The minimum atomic E-state index is -0.781. The summed E-state index contributed by atoms with van der Waals surface area (Å²) < 4.78 is 34.8. The molecule has 2 aromatic carbocycles. The first-order valence-corrected chi connectivity index (χ1v) is 13.2. The van der Waals surface area contributed by atoms with Gasteiger partial charge in [-0.2, -0.15) is 5.26 Å². The number of ether oxygens (including phenoxy) is 1. The Labute approximate surface area is 240 Å². The highest BCUT2D eigenvalue weighted by Crippen LogP contribution is 2.41. The van der Waals surface area contributed by atoms with Crippen molar-refractivity contribution in [1.29, 1.82) is 5.26 Å². The van der Waals surface area contributed by atoms with Crippen molar-refractivity contribution in [1.82, 2.24) is 14.5 Å². The molecule has 5 rings (SSSR count). The number of nitrogens with zero attached hydrogens (tertiary/aromatic N) is 6. The zero-order valence-corrected chi connectivity index (χ0v) is 23.4. The molecule has 0 radical (unpaired) electrons. The number of benzene rings is 2. The Bertz CT molecular complexity index is 1790. The summed E-state index contributed by atoms with van der Waals surface area (Å²) >= 11 is 0. The number of fused-ring (bicyclic) bond motifs is 1. The number of nitriles is 1. The van der Waals surface area contributed by atoms with Gasteiger partial charge in [-0.1, -0.05) is 18.2 Å². The lowest BCUT2D eigenvalue weighted by atomic mass is 9.92. The molecule has 216 valence electrons.